The number of benzene rings is 2. The zero-order valence-corrected chi connectivity index (χ0v) is 11.2. The molecule has 3 heteroatoms. The van der Waals surface area contributed by atoms with Crippen molar-refractivity contribution in [2.75, 3.05) is 5.73 Å². The van der Waals surface area contributed by atoms with Crippen LogP contribution in [0.3, 0.4) is 0 Å². The lowest BCUT2D eigenvalue weighted by Gasteiger charge is -2.04. The monoisotopic (exact) mass is 254 g/mol. The molecule has 90 valence electrons. The maximum atomic E-state index is 5.96. The van der Waals surface area contributed by atoms with E-state index in [0.717, 1.165) is 27.3 Å². The van der Waals surface area contributed by atoms with E-state index in [0.29, 0.717) is 0 Å². The molecule has 3 aromatic rings. The molecule has 0 unspecified atom stereocenters. The Hall–Kier alpha value is -1.87. The molecule has 2 nitrogen and oxygen atoms in total. The maximum Gasteiger partial charge on any atom is 0.124 e. The average molecular weight is 254 g/mol. The van der Waals surface area contributed by atoms with Gasteiger partial charge in [0.25, 0.3) is 0 Å². The lowest BCUT2D eigenvalue weighted by molar-refractivity contribution is 1.39. The summed E-state index contributed by atoms with van der Waals surface area (Å²) in [5.41, 5.74) is 11.3. The van der Waals surface area contributed by atoms with Gasteiger partial charge in [0.15, 0.2) is 0 Å². The molecule has 2 aromatic carbocycles. The van der Waals surface area contributed by atoms with Crippen LogP contribution in [0.25, 0.3) is 20.8 Å². The minimum Gasteiger partial charge on any atom is -0.398 e. The SMILES string of the molecule is Cc1c(N)cccc1-c1nc2c(C)cccc2s1. The van der Waals surface area contributed by atoms with Gasteiger partial charge in [0, 0.05) is 11.3 Å². The van der Waals surface area contributed by atoms with Gasteiger partial charge in [0.2, 0.25) is 0 Å². The van der Waals surface area contributed by atoms with Gasteiger partial charge in [-0.3, -0.25) is 0 Å². The number of rotatable bonds is 1. The van der Waals surface area contributed by atoms with Crippen LogP contribution in [0.15, 0.2) is 36.4 Å². The Morgan fingerprint density at radius 1 is 1.06 bits per heavy atom. The first-order valence-electron chi connectivity index (χ1n) is 5.88. The van der Waals surface area contributed by atoms with Crippen LogP contribution >= 0.6 is 11.3 Å². The number of nitrogen functional groups attached to an aromatic ring is 1. The zero-order valence-electron chi connectivity index (χ0n) is 10.4. The lowest BCUT2D eigenvalue weighted by Crippen LogP contribution is -1.91. The number of fused-ring (bicyclic) bond motifs is 1. The van der Waals surface area contributed by atoms with Crippen LogP contribution in [0.5, 0.6) is 0 Å². The third-order valence-electron chi connectivity index (χ3n) is 3.23. The van der Waals surface area contributed by atoms with Crippen molar-refractivity contribution in [2.24, 2.45) is 0 Å². The van der Waals surface area contributed by atoms with E-state index >= 15 is 0 Å². The van der Waals surface area contributed by atoms with Gasteiger partial charge in [-0.25, -0.2) is 4.98 Å². The highest BCUT2D eigenvalue weighted by atomic mass is 32.1. The fourth-order valence-electron chi connectivity index (χ4n) is 2.09. The molecule has 0 bridgehead atoms. The van der Waals surface area contributed by atoms with Crippen LogP contribution in [0.2, 0.25) is 0 Å². The van der Waals surface area contributed by atoms with Crippen molar-refractivity contribution < 1.29 is 0 Å². The molecule has 1 heterocycles. The predicted octanol–water partition coefficient (Wildman–Crippen LogP) is 4.16. The second-order valence-corrected chi connectivity index (χ2v) is 5.49. The van der Waals surface area contributed by atoms with Gasteiger partial charge in [-0.2, -0.15) is 0 Å². The Bertz CT molecular complexity index is 728. The van der Waals surface area contributed by atoms with Crippen LogP contribution in [0.1, 0.15) is 11.1 Å². The predicted molar refractivity (Wildman–Crippen MR) is 78.9 cm³/mol. The molecule has 0 atom stereocenters. The van der Waals surface area contributed by atoms with E-state index in [4.69, 9.17) is 10.7 Å². The fourth-order valence-corrected chi connectivity index (χ4v) is 3.21. The van der Waals surface area contributed by atoms with Gasteiger partial charge in [0.05, 0.1) is 10.2 Å². The Morgan fingerprint density at radius 3 is 2.61 bits per heavy atom. The highest BCUT2D eigenvalue weighted by molar-refractivity contribution is 7.21. The molecule has 0 spiro atoms. The number of thiazole rings is 1. The molecule has 1 aromatic heterocycles. The molecule has 0 saturated heterocycles. The van der Waals surface area contributed by atoms with Gasteiger partial charge in [-0.1, -0.05) is 24.3 Å². The Labute approximate surface area is 110 Å². The van der Waals surface area contributed by atoms with Crippen molar-refractivity contribution >= 4 is 27.2 Å². The summed E-state index contributed by atoms with van der Waals surface area (Å²) in [7, 11) is 0. The summed E-state index contributed by atoms with van der Waals surface area (Å²) in [6, 6.07) is 12.3. The minimum absolute atomic E-state index is 0.823. The van der Waals surface area contributed by atoms with Gasteiger partial charge in [0.1, 0.15) is 5.01 Å². The molecule has 0 saturated carbocycles. The van der Waals surface area contributed by atoms with Crippen LogP contribution in [0.4, 0.5) is 5.69 Å². The Kier molecular flexibility index (Phi) is 2.56. The van der Waals surface area contributed by atoms with E-state index in [-0.39, 0.29) is 0 Å². The highest BCUT2D eigenvalue weighted by Crippen LogP contribution is 2.34. The number of aryl methyl sites for hydroxylation is 1. The molecule has 0 aliphatic rings. The standard InChI is InChI=1S/C15H14N2S/c1-9-5-3-8-13-14(9)17-15(18-13)11-6-4-7-12(16)10(11)2/h3-8H,16H2,1-2H3. The van der Waals surface area contributed by atoms with Crippen molar-refractivity contribution in [3.05, 3.63) is 47.5 Å². The summed E-state index contributed by atoms with van der Waals surface area (Å²) in [4.78, 5) is 4.75. The van der Waals surface area contributed by atoms with Crippen LogP contribution in [0, 0.1) is 13.8 Å². The average Bonchev–Trinajstić information content (AvgIpc) is 2.78. The van der Waals surface area contributed by atoms with Crippen LogP contribution < -0.4 is 5.73 Å². The molecule has 18 heavy (non-hydrogen) atoms. The summed E-state index contributed by atoms with van der Waals surface area (Å²) in [6.07, 6.45) is 0. The molecule has 0 fully saturated rings. The highest BCUT2D eigenvalue weighted by Gasteiger charge is 2.10. The van der Waals surface area contributed by atoms with Crippen molar-refractivity contribution in [2.45, 2.75) is 13.8 Å². The minimum atomic E-state index is 0.823. The molecule has 0 aliphatic carbocycles. The summed E-state index contributed by atoms with van der Waals surface area (Å²) in [5, 5.41) is 1.05. The summed E-state index contributed by atoms with van der Waals surface area (Å²) in [6.45, 7) is 4.14. The van der Waals surface area contributed by atoms with E-state index in [2.05, 4.69) is 31.2 Å². The molecule has 3 rings (SSSR count). The molecule has 0 radical (unpaired) electrons. The normalized spacial score (nSPS) is 11.0. The zero-order chi connectivity index (χ0) is 12.7. The number of nitrogens with zero attached hydrogens (tertiary/aromatic N) is 1. The van der Waals surface area contributed by atoms with Crippen LogP contribution in [-0.4, -0.2) is 4.98 Å². The second-order valence-electron chi connectivity index (χ2n) is 4.46. The maximum absolute atomic E-state index is 5.96. The first-order valence-corrected chi connectivity index (χ1v) is 6.70. The molecule has 0 amide bonds. The Balaban J connectivity index is 2.26. The Morgan fingerprint density at radius 2 is 1.83 bits per heavy atom. The van der Waals surface area contributed by atoms with Gasteiger partial charge < -0.3 is 5.73 Å². The summed E-state index contributed by atoms with van der Waals surface area (Å²) in [5.74, 6) is 0. The lowest BCUT2D eigenvalue weighted by atomic mass is 10.1. The van der Waals surface area contributed by atoms with E-state index in [1.807, 2.05) is 19.1 Å². The molecule has 2 N–H and O–H groups in total. The fraction of sp³-hybridized carbons (Fsp3) is 0.133. The smallest absolute Gasteiger partial charge is 0.124 e. The van der Waals surface area contributed by atoms with E-state index in [1.54, 1.807) is 11.3 Å². The van der Waals surface area contributed by atoms with E-state index in [9.17, 15) is 0 Å². The van der Waals surface area contributed by atoms with E-state index in [1.165, 1.54) is 10.3 Å². The van der Waals surface area contributed by atoms with Gasteiger partial charge in [-0.15, -0.1) is 11.3 Å². The van der Waals surface area contributed by atoms with Crippen molar-refractivity contribution in [1.29, 1.82) is 0 Å². The van der Waals surface area contributed by atoms with Crippen molar-refractivity contribution in [1.82, 2.24) is 4.98 Å². The first-order chi connectivity index (χ1) is 8.66. The number of anilines is 1. The van der Waals surface area contributed by atoms with E-state index < -0.39 is 0 Å². The topological polar surface area (TPSA) is 38.9 Å². The third kappa shape index (κ3) is 1.68. The van der Waals surface area contributed by atoms with Gasteiger partial charge >= 0.3 is 0 Å². The number of nitrogens with two attached hydrogens (primary N) is 1. The summed E-state index contributed by atoms with van der Waals surface area (Å²) < 4.78 is 1.23. The van der Waals surface area contributed by atoms with Crippen molar-refractivity contribution in [3.63, 3.8) is 0 Å². The quantitative estimate of drug-likeness (QED) is 0.662. The summed E-state index contributed by atoms with van der Waals surface area (Å²) >= 11 is 1.72. The number of hydrogen-bond donors (Lipinski definition) is 1. The number of hydrogen-bond acceptors (Lipinski definition) is 3. The molecular weight excluding hydrogens is 240 g/mol. The van der Waals surface area contributed by atoms with Crippen molar-refractivity contribution in [3.8, 4) is 10.6 Å². The third-order valence-corrected chi connectivity index (χ3v) is 4.28. The molecular formula is C15H14N2S. The van der Waals surface area contributed by atoms with Crippen LogP contribution in [-0.2, 0) is 0 Å². The number of para-hydroxylation sites is 1. The van der Waals surface area contributed by atoms with Gasteiger partial charge in [-0.05, 0) is 37.1 Å². The molecule has 0 aliphatic heterocycles. The first kappa shape index (κ1) is 11.2. The largest absolute Gasteiger partial charge is 0.398 e. The number of aromatic nitrogens is 1. The second kappa shape index (κ2) is 4.10.